The third-order valence-corrected chi connectivity index (χ3v) is 13.4. The van der Waals surface area contributed by atoms with E-state index in [-0.39, 0.29) is 5.41 Å². The van der Waals surface area contributed by atoms with Gasteiger partial charge in [-0.05, 0) is 137 Å². The molecule has 4 unspecified atom stereocenters. The van der Waals surface area contributed by atoms with E-state index in [0.717, 1.165) is 43.6 Å². The zero-order valence-corrected chi connectivity index (χ0v) is 26.0. The van der Waals surface area contributed by atoms with Crippen LogP contribution in [0.3, 0.4) is 0 Å². The van der Waals surface area contributed by atoms with E-state index in [1.807, 2.05) is 6.07 Å². The second-order valence-corrected chi connectivity index (χ2v) is 15.3. The van der Waals surface area contributed by atoms with Gasteiger partial charge in [0.15, 0.2) is 0 Å². The van der Waals surface area contributed by atoms with Gasteiger partial charge in [0.2, 0.25) is 0 Å². The highest BCUT2D eigenvalue weighted by molar-refractivity contribution is 5.66. The minimum atomic E-state index is -0.0258. The van der Waals surface area contributed by atoms with Gasteiger partial charge >= 0.3 is 0 Å². The number of aromatic nitrogens is 1. The van der Waals surface area contributed by atoms with E-state index in [1.165, 1.54) is 118 Å². The molecule has 0 amide bonds. The highest BCUT2D eigenvalue weighted by Gasteiger charge is 2.51. The normalized spacial score (nSPS) is 32.6. The molecule has 4 atom stereocenters. The number of nitrogens with two attached hydrogens (primary N) is 1. The van der Waals surface area contributed by atoms with Crippen molar-refractivity contribution in [2.75, 3.05) is 30.3 Å². The lowest BCUT2D eigenvalue weighted by Crippen LogP contribution is -2.64. The molecule has 2 spiro atoms. The smallest absolute Gasteiger partial charge is 0.102 e. The molecule has 1 saturated carbocycles. The quantitative estimate of drug-likeness (QED) is 0.390. The molecule has 0 radical (unpaired) electrons. The molecule has 5 heteroatoms. The van der Waals surface area contributed by atoms with Crippen molar-refractivity contribution in [3.63, 3.8) is 0 Å². The number of nitrogens with zero attached hydrogens (tertiary/aromatic N) is 4. The van der Waals surface area contributed by atoms with Gasteiger partial charge in [0.1, 0.15) is 6.07 Å². The van der Waals surface area contributed by atoms with E-state index < -0.39 is 0 Å². The zero-order valence-electron chi connectivity index (χ0n) is 26.0. The summed E-state index contributed by atoms with van der Waals surface area (Å²) >= 11 is 0. The Balaban J connectivity index is 1.18. The van der Waals surface area contributed by atoms with Gasteiger partial charge in [0.25, 0.3) is 0 Å². The van der Waals surface area contributed by atoms with Crippen molar-refractivity contribution in [1.29, 1.82) is 5.26 Å². The molecular formula is C37H49N5. The average molecular weight is 564 g/mol. The van der Waals surface area contributed by atoms with Crippen molar-refractivity contribution in [2.45, 2.75) is 133 Å². The highest BCUT2D eigenvalue weighted by atomic mass is 15.3. The maximum Gasteiger partial charge on any atom is 0.102 e. The van der Waals surface area contributed by atoms with Crippen LogP contribution in [0, 0.1) is 17.2 Å². The van der Waals surface area contributed by atoms with Crippen LogP contribution >= 0.6 is 0 Å². The lowest BCUT2D eigenvalue weighted by Gasteiger charge is -2.60. The number of rotatable bonds is 5. The number of fused-ring (bicyclic) bond motifs is 4. The predicted octanol–water partition coefficient (Wildman–Crippen LogP) is 7.19. The maximum atomic E-state index is 10.3. The molecule has 1 aromatic carbocycles. The molecule has 2 aromatic rings. The van der Waals surface area contributed by atoms with Crippen LogP contribution in [-0.4, -0.2) is 40.6 Å². The van der Waals surface area contributed by atoms with Crippen LogP contribution in [0.2, 0.25) is 0 Å². The van der Waals surface area contributed by atoms with Gasteiger partial charge < -0.3 is 10.6 Å². The lowest BCUT2D eigenvalue weighted by atomic mass is 9.59. The Morgan fingerprint density at radius 2 is 1.98 bits per heavy atom. The maximum absolute atomic E-state index is 10.3. The number of aryl methyl sites for hydroxylation is 1. The van der Waals surface area contributed by atoms with Crippen LogP contribution in [0.1, 0.15) is 130 Å². The van der Waals surface area contributed by atoms with E-state index in [1.54, 1.807) is 0 Å². The number of hydrogen-bond donors (Lipinski definition) is 1. The molecule has 42 heavy (non-hydrogen) atoms. The zero-order chi connectivity index (χ0) is 28.7. The molecule has 2 N–H and O–H groups in total. The number of anilines is 2. The van der Waals surface area contributed by atoms with Gasteiger partial charge in [0.05, 0.1) is 5.56 Å². The van der Waals surface area contributed by atoms with Gasteiger partial charge in [-0.2, -0.15) is 5.26 Å². The van der Waals surface area contributed by atoms with E-state index in [0.29, 0.717) is 22.7 Å². The summed E-state index contributed by atoms with van der Waals surface area (Å²) in [4.78, 5) is 11.2. The van der Waals surface area contributed by atoms with Crippen LogP contribution in [0.25, 0.3) is 0 Å². The number of nitrogen functional groups attached to an aromatic ring is 1. The molecule has 3 aliphatic heterocycles. The number of pyridine rings is 1. The Kier molecular flexibility index (Phi) is 6.25. The first kappa shape index (κ1) is 27.0. The number of nitriles is 1. The summed E-state index contributed by atoms with van der Waals surface area (Å²) in [6.07, 6.45) is 18.6. The van der Waals surface area contributed by atoms with E-state index in [9.17, 15) is 5.26 Å². The molecule has 6 aliphatic rings. The monoisotopic (exact) mass is 563 g/mol. The van der Waals surface area contributed by atoms with Crippen molar-refractivity contribution >= 4 is 11.4 Å². The first-order valence-corrected chi connectivity index (χ1v) is 17.3. The van der Waals surface area contributed by atoms with Gasteiger partial charge in [-0.15, -0.1) is 0 Å². The fraction of sp³-hybridized carbons (Fsp3) is 0.676. The molecule has 222 valence electrons. The summed E-state index contributed by atoms with van der Waals surface area (Å²) in [6.45, 7) is 8.51. The van der Waals surface area contributed by atoms with Gasteiger partial charge in [0, 0.05) is 52.3 Å². The summed E-state index contributed by atoms with van der Waals surface area (Å²) < 4.78 is 0. The Hall–Kier alpha value is -2.58. The molecule has 3 aliphatic carbocycles. The van der Waals surface area contributed by atoms with E-state index in [2.05, 4.69) is 41.8 Å². The van der Waals surface area contributed by atoms with Gasteiger partial charge in [-0.25, -0.2) is 0 Å². The van der Waals surface area contributed by atoms with Crippen molar-refractivity contribution in [1.82, 2.24) is 9.88 Å². The van der Waals surface area contributed by atoms with Crippen molar-refractivity contribution in [3.05, 3.63) is 51.8 Å². The van der Waals surface area contributed by atoms with Crippen molar-refractivity contribution in [2.24, 2.45) is 5.92 Å². The summed E-state index contributed by atoms with van der Waals surface area (Å²) in [5.74, 6) is 1.34. The molecule has 4 fully saturated rings. The number of hydrogen-bond acceptors (Lipinski definition) is 5. The minimum absolute atomic E-state index is 0.0258. The third kappa shape index (κ3) is 3.86. The van der Waals surface area contributed by atoms with Crippen LogP contribution in [-0.2, 0) is 24.7 Å². The van der Waals surface area contributed by atoms with Crippen molar-refractivity contribution < 1.29 is 0 Å². The largest absolute Gasteiger partial charge is 0.398 e. The summed E-state index contributed by atoms with van der Waals surface area (Å²) in [5, 5.41) is 10.3. The van der Waals surface area contributed by atoms with Crippen LogP contribution < -0.4 is 10.6 Å². The lowest BCUT2D eigenvalue weighted by molar-refractivity contribution is 0.150. The van der Waals surface area contributed by atoms with Crippen LogP contribution in [0.15, 0.2) is 18.2 Å². The fourth-order valence-electron chi connectivity index (χ4n) is 10.6. The molecule has 8 rings (SSSR count). The van der Waals surface area contributed by atoms with Crippen LogP contribution in [0.5, 0.6) is 0 Å². The number of benzene rings is 1. The van der Waals surface area contributed by atoms with Crippen molar-refractivity contribution in [3.8, 4) is 6.07 Å². The standard InChI is InChI=1S/C37H49N5/c1-3-26-21-37(13-5-18-41(37)24-26)16-9-27-20-33(42-19-17-36(42)11-4-12-36)29-10-15-35(22-32(29)40-27)14-8-25(2)28-6-7-31(39)30(23-38)34(28)35/h6-7,20,25-26H,3-5,8-19,21-22,24,39H2,1-2H3. The fourth-order valence-corrected chi connectivity index (χ4v) is 10.6. The highest BCUT2D eigenvalue weighted by Crippen LogP contribution is 2.55. The summed E-state index contributed by atoms with van der Waals surface area (Å²) in [6, 6.07) is 9.27. The SMILES string of the molecule is CCC1CN2CCCC2(CCc2cc(N3CCC34CCC4)c3c(n2)CC2(CC3)CCC(C)c3ccc(N)c(C#N)c32)C1. The minimum Gasteiger partial charge on any atom is -0.398 e. The molecule has 4 heterocycles. The van der Waals surface area contributed by atoms with E-state index >= 15 is 0 Å². The first-order chi connectivity index (χ1) is 20.4. The molecule has 0 bridgehead atoms. The molecule has 5 nitrogen and oxygen atoms in total. The summed E-state index contributed by atoms with van der Waals surface area (Å²) in [5.41, 5.74) is 17.0. The molecular weight excluding hydrogens is 514 g/mol. The van der Waals surface area contributed by atoms with Gasteiger partial charge in [-0.1, -0.05) is 26.3 Å². The topological polar surface area (TPSA) is 69.2 Å². The summed E-state index contributed by atoms with van der Waals surface area (Å²) in [7, 11) is 0. The predicted molar refractivity (Wildman–Crippen MR) is 170 cm³/mol. The second-order valence-electron chi connectivity index (χ2n) is 15.3. The average Bonchev–Trinajstić information content (AvgIpc) is 3.50. The van der Waals surface area contributed by atoms with Crippen LogP contribution in [0.4, 0.5) is 11.4 Å². The molecule has 1 aromatic heterocycles. The first-order valence-electron chi connectivity index (χ1n) is 17.3. The Morgan fingerprint density at radius 3 is 2.71 bits per heavy atom. The van der Waals surface area contributed by atoms with E-state index in [4.69, 9.17) is 10.7 Å². The molecule has 3 saturated heterocycles. The van der Waals surface area contributed by atoms with Gasteiger partial charge in [-0.3, -0.25) is 9.88 Å². The Morgan fingerprint density at radius 1 is 1.10 bits per heavy atom. The third-order valence-electron chi connectivity index (χ3n) is 13.4. The second kappa shape index (κ2) is 9.71. The Labute approximate surface area is 252 Å². The Bertz CT molecular complexity index is 1450.